The maximum atomic E-state index is 12.2. The van der Waals surface area contributed by atoms with Crippen LogP contribution in [0.25, 0.3) is 0 Å². The highest BCUT2D eigenvalue weighted by atomic mass is 32.2. The number of thioether (sulfide) groups is 1. The summed E-state index contributed by atoms with van der Waals surface area (Å²) >= 11 is 1.35. The predicted octanol–water partition coefficient (Wildman–Crippen LogP) is 3.27. The molecule has 2 N–H and O–H groups in total. The number of hydrogen-bond donors (Lipinski definition) is 2. The Kier molecular flexibility index (Phi) is 6.43. The van der Waals surface area contributed by atoms with Gasteiger partial charge in [-0.05, 0) is 43.4 Å². The third-order valence-electron chi connectivity index (χ3n) is 3.78. The van der Waals surface area contributed by atoms with Crippen molar-refractivity contribution in [3.05, 3.63) is 29.3 Å². The van der Waals surface area contributed by atoms with Gasteiger partial charge in [0.05, 0.1) is 0 Å². The summed E-state index contributed by atoms with van der Waals surface area (Å²) in [5.74, 6) is 0.287. The van der Waals surface area contributed by atoms with Crippen LogP contribution in [0.3, 0.4) is 0 Å². The van der Waals surface area contributed by atoms with E-state index in [1.54, 1.807) is 0 Å². The maximum Gasteiger partial charge on any atom is 0.240 e. The van der Waals surface area contributed by atoms with Crippen LogP contribution in [0.5, 0.6) is 0 Å². The number of nitrogens with one attached hydrogen (secondary N) is 2. The van der Waals surface area contributed by atoms with Crippen molar-refractivity contribution in [3.8, 4) is 0 Å². The number of anilines is 1. The van der Waals surface area contributed by atoms with Gasteiger partial charge in [-0.15, -0.1) is 0 Å². The van der Waals surface area contributed by atoms with Crippen LogP contribution in [0.1, 0.15) is 37.8 Å². The van der Waals surface area contributed by atoms with Gasteiger partial charge in [-0.1, -0.05) is 37.7 Å². The first-order valence-electron chi connectivity index (χ1n) is 8.24. The summed E-state index contributed by atoms with van der Waals surface area (Å²) < 4.78 is 0. The largest absolute Gasteiger partial charge is 0.326 e. The highest BCUT2D eigenvalue weighted by molar-refractivity contribution is 8.15. The molecule has 0 bridgehead atoms. The van der Waals surface area contributed by atoms with Gasteiger partial charge in [-0.2, -0.15) is 0 Å². The van der Waals surface area contributed by atoms with Gasteiger partial charge in [0.25, 0.3) is 0 Å². The number of aryl methyl sites for hydroxylation is 2. The Labute approximate surface area is 147 Å². The molecule has 0 saturated carbocycles. The smallest absolute Gasteiger partial charge is 0.240 e. The Morgan fingerprint density at radius 3 is 2.83 bits per heavy atom. The molecule has 1 fully saturated rings. The third kappa shape index (κ3) is 5.37. The molecular weight excluding hydrogens is 322 g/mol. The van der Waals surface area contributed by atoms with Crippen molar-refractivity contribution in [1.29, 1.82) is 0 Å². The Morgan fingerprint density at radius 2 is 2.12 bits per heavy atom. The lowest BCUT2D eigenvalue weighted by Gasteiger charge is -2.10. The lowest BCUT2D eigenvalue weighted by atomic mass is 10.1. The molecule has 1 aromatic carbocycles. The molecule has 0 radical (unpaired) electrons. The van der Waals surface area contributed by atoms with Gasteiger partial charge in [-0.25, -0.2) is 0 Å². The van der Waals surface area contributed by atoms with E-state index in [0.717, 1.165) is 23.2 Å². The van der Waals surface area contributed by atoms with E-state index in [0.29, 0.717) is 17.6 Å². The van der Waals surface area contributed by atoms with Crippen LogP contribution in [-0.2, 0) is 9.59 Å². The molecule has 2 amide bonds. The lowest BCUT2D eigenvalue weighted by molar-refractivity contribution is -0.122. The minimum atomic E-state index is -0.409. The summed E-state index contributed by atoms with van der Waals surface area (Å²) in [5.41, 5.74) is 2.89. The maximum absolute atomic E-state index is 12.2. The molecule has 1 saturated heterocycles. The molecule has 1 atom stereocenters. The Morgan fingerprint density at radius 1 is 1.38 bits per heavy atom. The minimum Gasteiger partial charge on any atom is -0.326 e. The second kappa shape index (κ2) is 8.33. The zero-order valence-corrected chi connectivity index (χ0v) is 15.5. The van der Waals surface area contributed by atoms with Gasteiger partial charge in [0, 0.05) is 18.7 Å². The molecule has 0 unspecified atom stereocenters. The molecule has 5 nitrogen and oxygen atoms in total. The number of aliphatic imine (C=N–C) groups is 1. The van der Waals surface area contributed by atoms with Crippen LogP contribution < -0.4 is 10.6 Å². The second-order valence-corrected chi connectivity index (χ2v) is 7.73. The molecule has 1 heterocycles. The van der Waals surface area contributed by atoms with E-state index in [-0.39, 0.29) is 18.2 Å². The summed E-state index contributed by atoms with van der Waals surface area (Å²) in [4.78, 5) is 28.6. The molecule has 0 spiro atoms. The van der Waals surface area contributed by atoms with E-state index < -0.39 is 5.25 Å². The fourth-order valence-electron chi connectivity index (χ4n) is 2.28. The molecule has 0 aromatic heterocycles. The van der Waals surface area contributed by atoms with Gasteiger partial charge < -0.3 is 10.6 Å². The zero-order valence-electron chi connectivity index (χ0n) is 14.7. The first-order valence-corrected chi connectivity index (χ1v) is 9.12. The minimum absolute atomic E-state index is 0.139. The highest BCUT2D eigenvalue weighted by Gasteiger charge is 2.32. The monoisotopic (exact) mass is 347 g/mol. The standard InChI is InChI=1S/C18H25N3O2S/c1-11(2)7-8-19-18-21-17(23)15(24-18)10-16(22)20-14-9-12(3)5-6-13(14)4/h5-6,9,11,15H,7-8,10H2,1-4H3,(H,20,22)(H,19,21,23)/t15-/m1/s1. The van der Waals surface area contributed by atoms with Crippen molar-refractivity contribution in [3.63, 3.8) is 0 Å². The summed E-state index contributed by atoms with van der Waals surface area (Å²) in [6.07, 6.45) is 1.13. The molecule has 2 rings (SSSR count). The topological polar surface area (TPSA) is 70.6 Å². The van der Waals surface area contributed by atoms with Gasteiger partial charge in [0.1, 0.15) is 5.25 Å². The van der Waals surface area contributed by atoms with Crippen LogP contribution in [0.2, 0.25) is 0 Å². The van der Waals surface area contributed by atoms with Crippen molar-refractivity contribution in [2.45, 2.75) is 45.8 Å². The van der Waals surface area contributed by atoms with Crippen LogP contribution in [-0.4, -0.2) is 28.8 Å². The van der Waals surface area contributed by atoms with E-state index in [1.165, 1.54) is 11.8 Å². The van der Waals surface area contributed by atoms with Crippen LogP contribution in [0, 0.1) is 19.8 Å². The number of carbonyl (C=O) groups is 2. The Hall–Kier alpha value is -1.82. The van der Waals surface area contributed by atoms with Gasteiger partial charge in [0.15, 0.2) is 5.17 Å². The number of amides is 2. The van der Waals surface area contributed by atoms with Crippen molar-refractivity contribution in [2.75, 3.05) is 11.9 Å². The van der Waals surface area contributed by atoms with Crippen molar-refractivity contribution in [1.82, 2.24) is 5.32 Å². The van der Waals surface area contributed by atoms with Crippen LogP contribution in [0.15, 0.2) is 23.2 Å². The molecule has 6 heteroatoms. The number of nitrogens with zero attached hydrogens (tertiary/aromatic N) is 1. The Balaban J connectivity index is 1.90. The summed E-state index contributed by atoms with van der Waals surface area (Å²) in [6.45, 7) is 8.91. The number of rotatable bonds is 6. The number of benzene rings is 1. The average molecular weight is 347 g/mol. The molecule has 1 aromatic rings. The molecule has 0 aliphatic carbocycles. The van der Waals surface area contributed by atoms with Crippen molar-refractivity contribution >= 4 is 34.4 Å². The second-order valence-electron chi connectivity index (χ2n) is 6.54. The van der Waals surface area contributed by atoms with Gasteiger partial charge in [-0.3, -0.25) is 14.6 Å². The van der Waals surface area contributed by atoms with Gasteiger partial charge >= 0.3 is 0 Å². The van der Waals surface area contributed by atoms with E-state index in [2.05, 4.69) is 29.5 Å². The predicted molar refractivity (Wildman–Crippen MR) is 100 cm³/mol. The first kappa shape index (κ1) is 18.5. The molecule has 130 valence electrons. The number of hydrogen-bond acceptors (Lipinski definition) is 4. The zero-order chi connectivity index (χ0) is 17.7. The first-order chi connectivity index (χ1) is 11.3. The SMILES string of the molecule is Cc1ccc(C)c(NC(=O)C[C@H]2SC(=NCCC(C)C)NC2=O)c1. The van der Waals surface area contributed by atoms with Crippen LogP contribution >= 0.6 is 11.8 Å². The van der Waals surface area contributed by atoms with E-state index in [1.807, 2.05) is 32.0 Å². The summed E-state index contributed by atoms with van der Waals surface area (Å²) in [7, 11) is 0. The quantitative estimate of drug-likeness (QED) is 0.830. The van der Waals surface area contributed by atoms with Gasteiger partial charge in [0.2, 0.25) is 11.8 Å². The van der Waals surface area contributed by atoms with E-state index in [4.69, 9.17) is 0 Å². The molecule has 1 aliphatic heterocycles. The summed E-state index contributed by atoms with van der Waals surface area (Å²) in [5, 5.41) is 5.88. The lowest BCUT2D eigenvalue weighted by Crippen LogP contribution is -2.28. The van der Waals surface area contributed by atoms with Crippen molar-refractivity contribution < 1.29 is 9.59 Å². The fraction of sp³-hybridized carbons (Fsp3) is 0.500. The fourth-order valence-corrected chi connectivity index (χ4v) is 3.27. The Bertz CT molecular complexity index is 656. The van der Waals surface area contributed by atoms with Crippen molar-refractivity contribution in [2.24, 2.45) is 10.9 Å². The number of amidine groups is 1. The normalized spacial score (nSPS) is 19.0. The third-order valence-corrected chi connectivity index (χ3v) is 4.90. The highest BCUT2D eigenvalue weighted by Crippen LogP contribution is 2.24. The molecular formula is C18H25N3O2S. The summed E-state index contributed by atoms with van der Waals surface area (Å²) in [6, 6.07) is 5.92. The average Bonchev–Trinajstić information content (AvgIpc) is 2.82. The molecule has 1 aliphatic rings. The number of carbonyl (C=O) groups excluding carboxylic acids is 2. The van der Waals surface area contributed by atoms with E-state index >= 15 is 0 Å². The molecule has 24 heavy (non-hydrogen) atoms. The van der Waals surface area contributed by atoms with E-state index in [9.17, 15) is 9.59 Å². The van der Waals surface area contributed by atoms with Crippen LogP contribution in [0.4, 0.5) is 5.69 Å².